The normalized spacial score (nSPS) is 18.1. The molecule has 0 radical (unpaired) electrons. The van der Waals surface area contributed by atoms with Crippen molar-refractivity contribution in [1.82, 2.24) is 20.4 Å². The van der Waals surface area contributed by atoms with E-state index in [1.165, 1.54) is 32.0 Å². The van der Waals surface area contributed by atoms with Crippen molar-refractivity contribution in [2.24, 2.45) is 5.73 Å². The number of anilines is 1. The monoisotopic (exact) mass is 854 g/mol. The number of piperidine rings is 2. The number of carbonyl (C=O) groups excluding carboxylic acids is 10. The predicted octanol–water partition coefficient (Wildman–Crippen LogP) is -0.0839. The second-order valence-electron chi connectivity index (χ2n) is 13.7. The summed E-state index contributed by atoms with van der Waals surface area (Å²) in [5, 5.41) is 7.32. The molecule has 2 fully saturated rings. The number of nitrogens with zero attached hydrogens (tertiary/aromatic N) is 2. The number of Topliss-reactive ketones (excluding diaryl/α,β-unsaturated/α-hetero) is 2. The highest BCUT2D eigenvalue weighted by molar-refractivity contribution is 6.26. The topological polar surface area (TPSA) is 276 Å². The van der Waals surface area contributed by atoms with E-state index in [1.807, 2.05) is 0 Å². The van der Waals surface area contributed by atoms with Crippen molar-refractivity contribution < 1.29 is 71.3 Å². The van der Waals surface area contributed by atoms with Crippen molar-refractivity contribution >= 4 is 64.5 Å². The molecule has 2 saturated heterocycles. The van der Waals surface area contributed by atoms with E-state index in [-0.39, 0.29) is 72.7 Å². The van der Waals surface area contributed by atoms with Crippen LogP contribution in [0.1, 0.15) is 81.0 Å². The van der Waals surface area contributed by atoms with Crippen molar-refractivity contribution in [1.29, 1.82) is 0 Å². The van der Waals surface area contributed by atoms with Crippen LogP contribution in [0, 0.1) is 5.82 Å². The molecule has 4 aliphatic rings. The Kier molecular flexibility index (Phi) is 17.9. The quantitative estimate of drug-likeness (QED) is 0.113. The molecule has 6 rings (SSSR count). The first kappa shape index (κ1) is 47.5. The van der Waals surface area contributed by atoms with E-state index < -0.39 is 65.2 Å². The summed E-state index contributed by atoms with van der Waals surface area (Å²) in [6, 6.07) is 6.54. The van der Waals surface area contributed by atoms with E-state index in [2.05, 4.69) is 16.0 Å². The molecule has 8 amide bonds. The molecule has 2 atom stereocenters. The van der Waals surface area contributed by atoms with Crippen molar-refractivity contribution in [3.05, 3.63) is 64.5 Å². The summed E-state index contributed by atoms with van der Waals surface area (Å²) in [6.07, 6.45) is 0.269. The van der Waals surface area contributed by atoms with E-state index in [4.69, 9.17) is 24.7 Å². The van der Waals surface area contributed by atoms with Gasteiger partial charge >= 0.3 is 0 Å². The van der Waals surface area contributed by atoms with E-state index in [9.17, 15) is 52.3 Å². The lowest BCUT2D eigenvalue weighted by molar-refractivity contribution is -0.137. The number of benzene rings is 2. The zero-order valence-corrected chi connectivity index (χ0v) is 33.6. The third-order valence-corrected chi connectivity index (χ3v) is 9.06. The Morgan fingerprint density at radius 2 is 1.11 bits per heavy atom. The van der Waals surface area contributed by atoms with E-state index >= 15 is 0 Å². The van der Waals surface area contributed by atoms with Crippen LogP contribution in [-0.2, 0) is 47.7 Å². The zero-order valence-electron chi connectivity index (χ0n) is 33.6. The standard InChI is InChI=1S/C20H23N3O7.C13H9FN2O4.C7H15NO3/c1-12(24)11-30-10-9-29-8-7-21-14-4-2-3-13-17(14)20(28)23(19(13)27)15-5-6-16(25)22-18(15)26;14-7-3-1-2-6-10(7)13(20)16(12(6)19)8-4-5-9(17)15-11(8)18;1-7(9)6-11-5-4-10-3-2-8/h2-4,15,21H,5-11H2,1H3,(H,22,25,26);1-3,8H,4-5H2,(H,15,17,18);2-6,8H2,1H3. The van der Waals surface area contributed by atoms with Gasteiger partial charge in [-0.2, -0.15) is 0 Å². The van der Waals surface area contributed by atoms with Gasteiger partial charge in [-0.1, -0.05) is 12.1 Å². The Bertz CT molecular complexity index is 2040. The van der Waals surface area contributed by atoms with Crippen molar-refractivity contribution in [3.8, 4) is 0 Å². The summed E-state index contributed by atoms with van der Waals surface area (Å²) >= 11 is 0. The average molecular weight is 855 g/mol. The number of nitrogens with one attached hydrogen (secondary N) is 3. The fourth-order valence-corrected chi connectivity index (χ4v) is 6.35. The lowest BCUT2D eigenvalue weighted by atomic mass is 10.0. The Morgan fingerprint density at radius 3 is 1.59 bits per heavy atom. The van der Waals surface area contributed by atoms with Crippen LogP contribution in [0.2, 0.25) is 0 Å². The van der Waals surface area contributed by atoms with E-state index in [0.717, 1.165) is 15.9 Å². The van der Waals surface area contributed by atoms with Crippen LogP contribution in [0.25, 0.3) is 0 Å². The average Bonchev–Trinajstić information content (AvgIpc) is 3.62. The summed E-state index contributed by atoms with van der Waals surface area (Å²) in [5.74, 6) is -5.70. The van der Waals surface area contributed by atoms with Gasteiger partial charge in [0.05, 0.1) is 61.9 Å². The van der Waals surface area contributed by atoms with Crippen LogP contribution in [0.5, 0.6) is 0 Å². The lowest BCUT2D eigenvalue weighted by Gasteiger charge is -2.27. The van der Waals surface area contributed by atoms with Crippen LogP contribution >= 0.6 is 0 Å². The summed E-state index contributed by atoms with van der Waals surface area (Å²) in [5.41, 5.74) is 5.69. The molecule has 0 aromatic heterocycles. The van der Waals surface area contributed by atoms with Gasteiger partial charge in [0.1, 0.15) is 31.1 Å². The third kappa shape index (κ3) is 12.7. The molecule has 20 nitrogen and oxygen atoms in total. The molecule has 4 aliphatic heterocycles. The maximum atomic E-state index is 13.7. The highest BCUT2D eigenvalue weighted by Gasteiger charge is 2.47. The first-order valence-corrected chi connectivity index (χ1v) is 19.3. The minimum atomic E-state index is -1.07. The van der Waals surface area contributed by atoms with Crippen molar-refractivity contribution in [2.75, 3.05) is 71.3 Å². The largest absolute Gasteiger partial charge is 0.382 e. The van der Waals surface area contributed by atoms with Crippen LogP contribution in [0.15, 0.2) is 36.4 Å². The first-order chi connectivity index (χ1) is 29.2. The second-order valence-corrected chi connectivity index (χ2v) is 13.7. The van der Waals surface area contributed by atoms with Gasteiger partial charge in [0.25, 0.3) is 23.6 Å². The number of fused-ring (bicyclic) bond motifs is 2. The predicted molar refractivity (Wildman–Crippen MR) is 208 cm³/mol. The van der Waals surface area contributed by atoms with Gasteiger partial charge in [0.2, 0.25) is 23.6 Å². The summed E-state index contributed by atoms with van der Waals surface area (Å²) in [7, 11) is 0. The Balaban J connectivity index is 0.000000226. The molecule has 2 unspecified atom stereocenters. The molecule has 0 bridgehead atoms. The molecule has 2 aromatic carbocycles. The molecular weight excluding hydrogens is 807 g/mol. The highest BCUT2D eigenvalue weighted by atomic mass is 19.1. The molecule has 328 valence electrons. The molecule has 61 heavy (non-hydrogen) atoms. The molecule has 2 aromatic rings. The fraction of sp³-hybridized carbons (Fsp3) is 0.450. The van der Waals surface area contributed by atoms with Gasteiger partial charge in [0.15, 0.2) is 11.6 Å². The van der Waals surface area contributed by atoms with Gasteiger partial charge in [0, 0.05) is 31.6 Å². The van der Waals surface area contributed by atoms with Gasteiger partial charge in [-0.25, -0.2) is 4.39 Å². The number of hydrogen-bond acceptors (Lipinski definition) is 16. The number of imide groups is 4. The summed E-state index contributed by atoms with van der Waals surface area (Å²) in [4.78, 5) is 119. The smallest absolute Gasteiger partial charge is 0.265 e. The van der Waals surface area contributed by atoms with Gasteiger partial charge in [-0.05, 0) is 51.0 Å². The minimum Gasteiger partial charge on any atom is -0.382 e. The zero-order chi connectivity index (χ0) is 44.6. The van der Waals surface area contributed by atoms with Gasteiger partial charge in [-0.3, -0.25) is 68.4 Å². The van der Waals surface area contributed by atoms with Gasteiger partial charge < -0.3 is 30.0 Å². The number of nitrogens with two attached hydrogens (primary N) is 1. The summed E-state index contributed by atoms with van der Waals surface area (Å²) < 4.78 is 34.1. The molecule has 0 spiro atoms. The number of rotatable bonds is 18. The number of amides is 8. The van der Waals surface area contributed by atoms with Crippen LogP contribution in [-0.4, -0.2) is 147 Å². The van der Waals surface area contributed by atoms with Crippen molar-refractivity contribution in [2.45, 2.75) is 51.6 Å². The highest BCUT2D eigenvalue weighted by Crippen LogP contribution is 2.32. The van der Waals surface area contributed by atoms with E-state index in [1.54, 1.807) is 12.1 Å². The first-order valence-electron chi connectivity index (χ1n) is 19.3. The van der Waals surface area contributed by atoms with E-state index in [0.29, 0.717) is 58.4 Å². The van der Waals surface area contributed by atoms with Crippen LogP contribution < -0.4 is 21.7 Å². The molecule has 21 heteroatoms. The molecule has 5 N–H and O–H groups in total. The van der Waals surface area contributed by atoms with Crippen LogP contribution in [0.4, 0.5) is 10.1 Å². The number of ether oxygens (including phenoxy) is 4. The number of ketones is 2. The maximum absolute atomic E-state index is 13.7. The van der Waals surface area contributed by atoms with Crippen molar-refractivity contribution in [3.63, 3.8) is 0 Å². The fourth-order valence-electron chi connectivity index (χ4n) is 6.35. The Labute approximate surface area is 348 Å². The maximum Gasteiger partial charge on any atom is 0.265 e. The lowest BCUT2D eigenvalue weighted by Crippen LogP contribution is -2.54. The number of hydrogen-bond donors (Lipinski definition) is 4. The Morgan fingerprint density at radius 1 is 0.656 bits per heavy atom. The molecule has 0 aliphatic carbocycles. The van der Waals surface area contributed by atoms with Crippen LogP contribution in [0.3, 0.4) is 0 Å². The second kappa shape index (κ2) is 23.0. The summed E-state index contributed by atoms with van der Waals surface area (Å²) in [6.45, 7) is 6.51. The molecular formula is C40H47FN6O14. The molecule has 0 saturated carbocycles. The minimum absolute atomic E-state index is 0.0313. The SMILES string of the molecule is CC(=O)COCCOCCN.CC(=O)COCCOCCNc1cccc2c1C(=O)N(C1CCC(=O)NC1=O)C2=O.O=C1CCC(N2C(=O)c3cccc(F)c3C2=O)C(=O)N1. The third-order valence-electron chi connectivity index (χ3n) is 9.06. The number of carbonyl (C=O) groups is 10. The van der Waals surface area contributed by atoms with Gasteiger partial charge in [-0.15, -0.1) is 0 Å². The number of halogens is 1. The molecule has 4 heterocycles. The Hall–Kier alpha value is -6.13.